The van der Waals surface area contributed by atoms with Gasteiger partial charge in [-0.2, -0.15) is 0 Å². The van der Waals surface area contributed by atoms with Crippen molar-refractivity contribution in [3.05, 3.63) is 80.1 Å². The number of hydrogen-bond acceptors (Lipinski definition) is 2. The van der Waals surface area contributed by atoms with Gasteiger partial charge in [0.05, 0.1) is 0 Å². The molecule has 6 heteroatoms. The Bertz CT molecular complexity index is 688. The van der Waals surface area contributed by atoms with E-state index in [9.17, 15) is 9.00 Å². The number of nitrogens with one attached hydrogen (secondary N) is 1. The van der Waals surface area contributed by atoms with Crippen LogP contribution >= 0.6 is 31.9 Å². The molecule has 0 saturated carbocycles. The molecule has 3 nitrogen and oxygen atoms in total. The zero-order chi connectivity index (χ0) is 16.7. The molecule has 0 aliphatic rings. The Morgan fingerprint density at radius 1 is 0.870 bits per heavy atom. The average Bonchev–Trinajstić information content (AvgIpc) is 2.54. The van der Waals surface area contributed by atoms with Crippen molar-refractivity contribution in [2.75, 3.05) is 0 Å². The first-order valence-electron chi connectivity index (χ1n) is 6.61. The molecule has 0 heterocycles. The third kappa shape index (κ3) is 6.64. The first-order chi connectivity index (χ1) is 11.0. The second-order valence-corrected chi connectivity index (χ2v) is 7.41. The molecule has 23 heavy (non-hydrogen) atoms. The predicted octanol–water partition coefficient (Wildman–Crippen LogP) is 4.68. The zero-order valence-corrected chi connectivity index (χ0v) is 15.9. The van der Waals surface area contributed by atoms with Gasteiger partial charge in [0.15, 0.2) is 0 Å². The van der Waals surface area contributed by atoms with Gasteiger partial charge in [0.2, 0.25) is 0 Å². The third-order valence-corrected chi connectivity index (χ3v) is 4.60. The Hall–Kier alpha value is -1.50. The van der Waals surface area contributed by atoms with E-state index >= 15 is 0 Å². The van der Waals surface area contributed by atoms with Gasteiger partial charge < -0.3 is 0 Å². The lowest BCUT2D eigenvalue weighted by atomic mass is 10.2. The van der Waals surface area contributed by atoms with E-state index in [1.165, 1.54) is 11.5 Å². The minimum Gasteiger partial charge on any atom is -0.269 e. The highest BCUT2D eigenvalue weighted by atomic mass is 79.9. The molecule has 0 aromatic heterocycles. The van der Waals surface area contributed by atoms with Crippen molar-refractivity contribution in [1.82, 2.24) is 4.72 Å². The number of carbonyl (C=O) groups excluding carboxylic acids is 1. The molecule has 0 fully saturated rings. The average molecular weight is 455 g/mol. The summed E-state index contributed by atoms with van der Waals surface area (Å²) in [5.74, 6) is -0.410. The van der Waals surface area contributed by atoms with E-state index < -0.39 is 16.9 Å². The molecule has 0 bridgehead atoms. The van der Waals surface area contributed by atoms with E-state index in [0.29, 0.717) is 0 Å². The lowest BCUT2D eigenvalue weighted by Crippen LogP contribution is -2.21. The van der Waals surface area contributed by atoms with Gasteiger partial charge in [0, 0.05) is 20.4 Å². The van der Waals surface area contributed by atoms with E-state index in [2.05, 4.69) is 36.6 Å². The van der Waals surface area contributed by atoms with Crippen LogP contribution in [0.5, 0.6) is 0 Å². The summed E-state index contributed by atoms with van der Waals surface area (Å²) in [4.78, 5) is 11.7. The summed E-state index contributed by atoms with van der Waals surface area (Å²) in [6.07, 6.45) is 4.72. The number of carbonyl (C=O) groups is 1. The molecule has 1 amide bonds. The van der Waals surface area contributed by atoms with Crippen LogP contribution in [0, 0.1) is 0 Å². The summed E-state index contributed by atoms with van der Waals surface area (Å²) in [7, 11) is -1.57. The highest BCUT2D eigenvalue weighted by Crippen LogP contribution is 2.12. The van der Waals surface area contributed by atoms with Crippen LogP contribution in [0.15, 0.2) is 69.0 Å². The maximum Gasteiger partial charge on any atom is 0.255 e. The zero-order valence-electron chi connectivity index (χ0n) is 11.9. The maximum absolute atomic E-state index is 11.8. The second-order valence-electron chi connectivity index (χ2n) is 4.50. The number of halogens is 2. The molecule has 2 rings (SSSR count). The van der Waals surface area contributed by atoms with Crippen LogP contribution in [0.4, 0.5) is 0 Å². The highest BCUT2D eigenvalue weighted by Gasteiger charge is 1.99. The number of rotatable bonds is 5. The maximum atomic E-state index is 11.8. The quantitative estimate of drug-likeness (QED) is 0.667. The summed E-state index contributed by atoms with van der Waals surface area (Å²) in [6, 6.07) is 15.1. The lowest BCUT2D eigenvalue weighted by molar-refractivity contribution is -0.114. The van der Waals surface area contributed by atoms with Crippen LogP contribution in [0.2, 0.25) is 0 Å². The fraction of sp³-hybridized carbons (Fsp3) is 0. The molecular weight excluding hydrogens is 442 g/mol. The summed E-state index contributed by atoms with van der Waals surface area (Å²) in [5.41, 5.74) is 1.79. The summed E-state index contributed by atoms with van der Waals surface area (Å²) < 4.78 is 16.1. The van der Waals surface area contributed by atoms with Crippen molar-refractivity contribution in [2.24, 2.45) is 0 Å². The Kier molecular flexibility index (Phi) is 6.95. The van der Waals surface area contributed by atoms with Gasteiger partial charge in [-0.1, -0.05) is 56.1 Å². The van der Waals surface area contributed by atoms with Crippen LogP contribution in [-0.4, -0.2) is 10.1 Å². The Morgan fingerprint density at radius 3 is 1.87 bits per heavy atom. The number of benzene rings is 2. The van der Waals surface area contributed by atoms with Gasteiger partial charge in [-0.25, -0.2) is 4.21 Å². The fourth-order valence-electron chi connectivity index (χ4n) is 1.63. The SMILES string of the molecule is O=C(/C=C/c1ccc(Br)cc1)NS(=O)/C=C/c1ccc(Br)cc1. The standard InChI is InChI=1S/C17H13Br2NO2S/c18-15-6-1-13(2-7-15)5-10-17(21)20-23(22)12-11-14-3-8-16(19)9-4-14/h1-12H,(H,20,21)/b10-5+,12-11+. The molecular formula is C17H13Br2NO2S. The van der Waals surface area contributed by atoms with Crippen LogP contribution < -0.4 is 4.72 Å². The van der Waals surface area contributed by atoms with Crippen LogP contribution in [0.3, 0.4) is 0 Å². The molecule has 1 atom stereocenters. The summed E-state index contributed by atoms with van der Waals surface area (Å²) in [6.45, 7) is 0. The molecule has 0 aliphatic carbocycles. The van der Waals surface area contributed by atoms with Gasteiger partial charge in [0.1, 0.15) is 11.0 Å². The molecule has 2 aromatic rings. The molecule has 2 aromatic carbocycles. The second kappa shape index (κ2) is 8.96. The monoisotopic (exact) mass is 453 g/mol. The van der Waals surface area contributed by atoms with Crippen molar-refractivity contribution in [3.8, 4) is 0 Å². The van der Waals surface area contributed by atoms with Crippen molar-refractivity contribution in [3.63, 3.8) is 0 Å². The Morgan fingerprint density at radius 2 is 1.35 bits per heavy atom. The van der Waals surface area contributed by atoms with Crippen molar-refractivity contribution >= 4 is 60.9 Å². The molecule has 1 N–H and O–H groups in total. The van der Waals surface area contributed by atoms with E-state index in [1.54, 1.807) is 12.2 Å². The van der Waals surface area contributed by atoms with E-state index in [4.69, 9.17) is 0 Å². The molecule has 118 valence electrons. The third-order valence-electron chi connectivity index (χ3n) is 2.75. The summed E-state index contributed by atoms with van der Waals surface area (Å²) in [5, 5.41) is 1.44. The molecule has 0 radical (unpaired) electrons. The summed E-state index contributed by atoms with van der Waals surface area (Å²) >= 11 is 6.69. The predicted molar refractivity (Wildman–Crippen MR) is 103 cm³/mol. The van der Waals surface area contributed by atoms with E-state index in [-0.39, 0.29) is 0 Å². The molecule has 0 saturated heterocycles. The highest BCUT2D eigenvalue weighted by molar-refractivity contribution is 9.10. The Balaban J connectivity index is 1.88. The number of amides is 1. The van der Waals surface area contributed by atoms with Gasteiger partial charge in [0.25, 0.3) is 5.91 Å². The largest absolute Gasteiger partial charge is 0.269 e. The topological polar surface area (TPSA) is 46.2 Å². The van der Waals surface area contributed by atoms with Gasteiger partial charge >= 0.3 is 0 Å². The fourth-order valence-corrected chi connectivity index (χ4v) is 2.77. The van der Waals surface area contributed by atoms with Crippen molar-refractivity contribution in [1.29, 1.82) is 0 Å². The van der Waals surface area contributed by atoms with Crippen LogP contribution in [0.1, 0.15) is 11.1 Å². The number of hydrogen-bond donors (Lipinski definition) is 1. The van der Waals surface area contributed by atoms with Crippen LogP contribution in [0.25, 0.3) is 12.2 Å². The minimum absolute atomic E-state index is 0.410. The first-order valence-corrected chi connectivity index (χ1v) is 9.41. The lowest BCUT2D eigenvalue weighted by Gasteiger charge is -1.98. The first kappa shape index (κ1) is 17.8. The molecule has 0 spiro atoms. The Labute approximate surface area is 154 Å². The van der Waals surface area contributed by atoms with Crippen LogP contribution in [-0.2, 0) is 15.8 Å². The van der Waals surface area contributed by atoms with Gasteiger partial charge in [-0.15, -0.1) is 0 Å². The van der Waals surface area contributed by atoms with Crippen molar-refractivity contribution in [2.45, 2.75) is 0 Å². The van der Waals surface area contributed by atoms with Gasteiger partial charge in [-0.05, 0) is 47.5 Å². The van der Waals surface area contributed by atoms with E-state index in [0.717, 1.165) is 20.1 Å². The molecule has 0 aliphatic heterocycles. The molecule has 1 unspecified atom stereocenters. The normalized spacial score (nSPS) is 12.6. The minimum atomic E-state index is -1.57. The van der Waals surface area contributed by atoms with Crippen molar-refractivity contribution < 1.29 is 9.00 Å². The van der Waals surface area contributed by atoms with Gasteiger partial charge in [-0.3, -0.25) is 9.52 Å². The van der Waals surface area contributed by atoms with E-state index in [1.807, 2.05) is 48.5 Å². The smallest absolute Gasteiger partial charge is 0.255 e.